The van der Waals surface area contributed by atoms with Gasteiger partial charge in [0.15, 0.2) is 0 Å². The Hall–Kier alpha value is -1.65. The van der Waals surface area contributed by atoms with E-state index >= 15 is 0 Å². The Bertz CT molecular complexity index is 543. The first-order valence-electron chi connectivity index (χ1n) is 7.82. The van der Waals surface area contributed by atoms with Crippen molar-refractivity contribution in [2.45, 2.75) is 32.4 Å². The molecule has 1 aliphatic heterocycles. The molecule has 0 aliphatic carbocycles. The van der Waals surface area contributed by atoms with Gasteiger partial charge in [0.05, 0.1) is 6.20 Å². The van der Waals surface area contributed by atoms with E-state index in [1.807, 2.05) is 6.20 Å². The van der Waals surface area contributed by atoms with Crippen molar-refractivity contribution in [2.24, 2.45) is 0 Å². The average Bonchev–Trinajstić information content (AvgIpc) is 3.16. The number of H-pyrrole nitrogens is 1. The number of aromatic amines is 1. The van der Waals surface area contributed by atoms with Crippen molar-refractivity contribution in [3.63, 3.8) is 0 Å². The van der Waals surface area contributed by atoms with Gasteiger partial charge >= 0.3 is 0 Å². The van der Waals surface area contributed by atoms with Crippen LogP contribution in [0.15, 0.2) is 36.5 Å². The molecule has 112 valence electrons. The van der Waals surface area contributed by atoms with Crippen molar-refractivity contribution in [1.82, 2.24) is 20.4 Å². The van der Waals surface area contributed by atoms with Gasteiger partial charge < -0.3 is 10.2 Å². The van der Waals surface area contributed by atoms with Gasteiger partial charge in [0.1, 0.15) is 0 Å². The highest BCUT2D eigenvalue weighted by molar-refractivity contribution is 5.20. The maximum atomic E-state index is 4.10. The van der Waals surface area contributed by atoms with Crippen LogP contribution < -0.4 is 5.32 Å². The van der Waals surface area contributed by atoms with Crippen molar-refractivity contribution in [2.75, 3.05) is 19.6 Å². The molecule has 1 saturated heterocycles. The molecule has 1 fully saturated rings. The van der Waals surface area contributed by atoms with Crippen LogP contribution in [0.25, 0.3) is 0 Å². The number of aromatic nitrogens is 2. The Kier molecular flexibility index (Phi) is 4.68. The van der Waals surface area contributed by atoms with Crippen molar-refractivity contribution in [1.29, 1.82) is 0 Å². The van der Waals surface area contributed by atoms with Gasteiger partial charge in [0.2, 0.25) is 0 Å². The summed E-state index contributed by atoms with van der Waals surface area (Å²) in [5, 5.41) is 10.8. The third-order valence-electron chi connectivity index (χ3n) is 4.31. The standard InChI is InChI=1S/C17H24N4/c1-14-16(12-19-20-14)11-18-17(13-21-9-5-6-10-21)15-7-3-2-4-8-15/h2-4,7-8,12,17-18H,5-6,9-11,13H2,1H3,(H,19,20)/t17-/m1/s1. The zero-order valence-corrected chi connectivity index (χ0v) is 12.7. The molecule has 2 aromatic rings. The van der Waals surface area contributed by atoms with Gasteiger partial charge in [-0.2, -0.15) is 5.10 Å². The van der Waals surface area contributed by atoms with Gasteiger partial charge in [0.25, 0.3) is 0 Å². The number of benzene rings is 1. The highest BCUT2D eigenvalue weighted by Gasteiger charge is 2.18. The molecule has 0 saturated carbocycles. The first kappa shape index (κ1) is 14.3. The summed E-state index contributed by atoms with van der Waals surface area (Å²) in [5.41, 5.74) is 3.76. The number of rotatable bonds is 6. The number of hydrogen-bond donors (Lipinski definition) is 2. The van der Waals surface area contributed by atoms with Gasteiger partial charge in [-0.3, -0.25) is 5.10 Å². The largest absolute Gasteiger partial charge is 0.305 e. The molecule has 1 aromatic carbocycles. The molecule has 2 heterocycles. The van der Waals surface area contributed by atoms with Crippen molar-refractivity contribution >= 4 is 0 Å². The highest BCUT2D eigenvalue weighted by Crippen LogP contribution is 2.18. The van der Waals surface area contributed by atoms with E-state index in [9.17, 15) is 0 Å². The fraction of sp³-hybridized carbons (Fsp3) is 0.471. The predicted molar refractivity (Wildman–Crippen MR) is 85.0 cm³/mol. The fourth-order valence-corrected chi connectivity index (χ4v) is 2.98. The molecule has 1 atom stereocenters. The highest BCUT2D eigenvalue weighted by atomic mass is 15.2. The van der Waals surface area contributed by atoms with Gasteiger partial charge in [-0.05, 0) is 38.4 Å². The summed E-state index contributed by atoms with van der Waals surface area (Å²) in [6, 6.07) is 11.1. The SMILES string of the molecule is Cc1[nH]ncc1CN[C@H](CN1CCCC1)c1ccccc1. The fourth-order valence-electron chi connectivity index (χ4n) is 2.98. The number of aryl methyl sites for hydroxylation is 1. The van der Waals surface area contributed by atoms with Crippen LogP contribution in [0.4, 0.5) is 0 Å². The summed E-state index contributed by atoms with van der Waals surface area (Å²) in [4.78, 5) is 2.56. The number of nitrogens with one attached hydrogen (secondary N) is 2. The van der Waals surface area contributed by atoms with E-state index in [4.69, 9.17) is 0 Å². The van der Waals surface area contributed by atoms with Crippen LogP contribution in [0.1, 0.15) is 35.7 Å². The molecule has 0 spiro atoms. The molecule has 4 heteroatoms. The Labute approximate surface area is 126 Å². The molecule has 1 aromatic heterocycles. The molecule has 0 radical (unpaired) electrons. The maximum absolute atomic E-state index is 4.10. The minimum atomic E-state index is 0.374. The smallest absolute Gasteiger partial charge is 0.0535 e. The normalized spacial score (nSPS) is 17.2. The lowest BCUT2D eigenvalue weighted by molar-refractivity contribution is 0.291. The predicted octanol–water partition coefficient (Wildman–Crippen LogP) is 2.64. The second-order valence-corrected chi connectivity index (χ2v) is 5.87. The van der Waals surface area contributed by atoms with E-state index < -0.39 is 0 Å². The molecule has 21 heavy (non-hydrogen) atoms. The summed E-state index contributed by atoms with van der Waals surface area (Å²) < 4.78 is 0. The molecular weight excluding hydrogens is 260 g/mol. The molecule has 0 unspecified atom stereocenters. The van der Waals surface area contributed by atoms with Crippen LogP contribution >= 0.6 is 0 Å². The van der Waals surface area contributed by atoms with Crippen molar-refractivity contribution < 1.29 is 0 Å². The molecule has 0 bridgehead atoms. The third kappa shape index (κ3) is 3.71. The number of nitrogens with zero attached hydrogens (tertiary/aromatic N) is 2. The van der Waals surface area contributed by atoms with Crippen LogP contribution in [0, 0.1) is 6.92 Å². The molecule has 1 aliphatic rings. The van der Waals surface area contributed by atoms with E-state index in [0.717, 1.165) is 18.8 Å². The summed E-state index contributed by atoms with van der Waals surface area (Å²) in [6.45, 7) is 6.48. The monoisotopic (exact) mass is 284 g/mol. The Morgan fingerprint density at radius 2 is 2.00 bits per heavy atom. The third-order valence-corrected chi connectivity index (χ3v) is 4.31. The van der Waals surface area contributed by atoms with E-state index in [2.05, 4.69) is 57.7 Å². The lowest BCUT2D eigenvalue weighted by atomic mass is 10.1. The number of hydrogen-bond acceptors (Lipinski definition) is 3. The summed E-state index contributed by atoms with van der Waals surface area (Å²) in [7, 11) is 0. The van der Waals surface area contributed by atoms with Gasteiger partial charge in [-0.1, -0.05) is 30.3 Å². The quantitative estimate of drug-likeness (QED) is 0.857. The molecule has 3 rings (SSSR count). The maximum Gasteiger partial charge on any atom is 0.0535 e. The van der Waals surface area contributed by atoms with E-state index in [-0.39, 0.29) is 0 Å². The topological polar surface area (TPSA) is 44.0 Å². The Morgan fingerprint density at radius 1 is 1.24 bits per heavy atom. The number of likely N-dealkylation sites (tertiary alicyclic amines) is 1. The second kappa shape index (κ2) is 6.87. The van der Waals surface area contributed by atoms with Gasteiger partial charge in [-0.25, -0.2) is 0 Å². The lowest BCUT2D eigenvalue weighted by Crippen LogP contribution is -2.33. The molecule has 0 amide bonds. The zero-order valence-electron chi connectivity index (χ0n) is 12.7. The molecule has 4 nitrogen and oxygen atoms in total. The zero-order chi connectivity index (χ0) is 14.5. The van der Waals surface area contributed by atoms with Gasteiger partial charge in [0, 0.05) is 30.4 Å². The first-order valence-corrected chi connectivity index (χ1v) is 7.82. The van der Waals surface area contributed by atoms with E-state index in [0.29, 0.717) is 6.04 Å². The van der Waals surface area contributed by atoms with Crippen LogP contribution in [-0.2, 0) is 6.54 Å². The minimum Gasteiger partial charge on any atom is -0.305 e. The molecule has 2 N–H and O–H groups in total. The van der Waals surface area contributed by atoms with Gasteiger partial charge in [-0.15, -0.1) is 0 Å². The van der Waals surface area contributed by atoms with Crippen molar-refractivity contribution in [3.05, 3.63) is 53.3 Å². The Morgan fingerprint density at radius 3 is 2.67 bits per heavy atom. The Balaban J connectivity index is 1.67. The van der Waals surface area contributed by atoms with Crippen molar-refractivity contribution in [3.8, 4) is 0 Å². The average molecular weight is 284 g/mol. The summed E-state index contributed by atoms with van der Waals surface area (Å²) in [6.07, 6.45) is 4.59. The molecular formula is C17H24N4. The summed E-state index contributed by atoms with van der Waals surface area (Å²) >= 11 is 0. The van der Waals surface area contributed by atoms with E-state index in [1.165, 1.54) is 37.1 Å². The van der Waals surface area contributed by atoms with Crippen LogP contribution in [0.5, 0.6) is 0 Å². The van der Waals surface area contributed by atoms with Crippen LogP contribution in [0.2, 0.25) is 0 Å². The minimum absolute atomic E-state index is 0.374. The first-order chi connectivity index (χ1) is 10.3. The van der Waals surface area contributed by atoms with Crippen LogP contribution in [0.3, 0.4) is 0 Å². The lowest BCUT2D eigenvalue weighted by Gasteiger charge is -2.25. The summed E-state index contributed by atoms with van der Waals surface area (Å²) in [5.74, 6) is 0. The second-order valence-electron chi connectivity index (χ2n) is 5.87. The van der Waals surface area contributed by atoms with Crippen LogP contribution in [-0.4, -0.2) is 34.7 Å². The van der Waals surface area contributed by atoms with E-state index in [1.54, 1.807) is 0 Å².